The second-order valence-electron chi connectivity index (χ2n) is 5.49. The third-order valence-electron chi connectivity index (χ3n) is 3.69. The molecule has 0 aliphatic rings. The molecule has 1 aromatic heterocycles. The smallest absolute Gasteiger partial charge is 0.241 e. The summed E-state index contributed by atoms with van der Waals surface area (Å²) in [6.07, 6.45) is 0. The van der Waals surface area contributed by atoms with E-state index in [2.05, 4.69) is 9.71 Å². The maximum atomic E-state index is 12.6. The van der Waals surface area contributed by atoms with E-state index in [1.807, 2.05) is 18.2 Å². The van der Waals surface area contributed by atoms with Gasteiger partial charge in [0, 0.05) is 0 Å². The van der Waals surface area contributed by atoms with Gasteiger partial charge < -0.3 is 9.15 Å². The lowest BCUT2D eigenvalue weighted by Gasteiger charge is -2.13. The van der Waals surface area contributed by atoms with Gasteiger partial charge in [-0.05, 0) is 49.2 Å². The van der Waals surface area contributed by atoms with E-state index in [4.69, 9.17) is 9.15 Å². The van der Waals surface area contributed by atoms with Crippen molar-refractivity contribution in [3.8, 4) is 5.75 Å². The maximum absolute atomic E-state index is 12.6. The van der Waals surface area contributed by atoms with Crippen molar-refractivity contribution in [3.05, 3.63) is 53.4 Å². The van der Waals surface area contributed by atoms with Gasteiger partial charge in [0.15, 0.2) is 5.58 Å². The van der Waals surface area contributed by atoms with Gasteiger partial charge in [0.25, 0.3) is 0 Å². The van der Waals surface area contributed by atoms with Crippen LogP contribution in [0.15, 0.2) is 45.7 Å². The van der Waals surface area contributed by atoms with E-state index in [1.165, 1.54) is 0 Å². The normalized spacial score (nSPS) is 11.8. The molecule has 126 valence electrons. The Kier molecular flexibility index (Phi) is 4.29. The molecule has 0 saturated carbocycles. The minimum atomic E-state index is -3.69. The fourth-order valence-corrected chi connectivity index (χ4v) is 4.10. The molecule has 7 heteroatoms. The summed E-state index contributed by atoms with van der Waals surface area (Å²) in [4.78, 5) is 4.52. The highest BCUT2D eigenvalue weighted by Gasteiger charge is 2.21. The van der Waals surface area contributed by atoms with Crippen LogP contribution >= 0.6 is 0 Å². The molecular weight excluding hydrogens is 328 g/mol. The Labute approximate surface area is 140 Å². The number of sulfonamides is 1. The fourth-order valence-electron chi connectivity index (χ4n) is 2.68. The Hall–Kier alpha value is -2.38. The summed E-state index contributed by atoms with van der Waals surface area (Å²) in [5, 5.41) is 0. The van der Waals surface area contributed by atoms with E-state index in [-0.39, 0.29) is 11.4 Å². The number of para-hydroxylation sites is 2. The third-order valence-corrected chi connectivity index (χ3v) is 5.40. The average Bonchev–Trinajstić information content (AvgIpc) is 2.95. The van der Waals surface area contributed by atoms with E-state index in [1.54, 1.807) is 39.2 Å². The maximum Gasteiger partial charge on any atom is 0.241 e. The molecule has 0 radical (unpaired) electrons. The van der Waals surface area contributed by atoms with Crippen LogP contribution in [0.5, 0.6) is 5.75 Å². The van der Waals surface area contributed by atoms with E-state index < -0.39 is 10.0 Å². The molecular formula is C17H18N2O4S. The largest absolute Gasteiger partial charge is 0.497 e. The Morgan fingerprint density at radius 2 is 1.83 bits per heavy atom. The van der Waals surface area contributed by atoms with Crippen molar-refractivity contribution in [2.75, 3.05) is 7.11 Å². The predicted molar refractivity (Wildman–Crippen MR) is 90.5 cm³/mol. The highest BCUT2D eigenvalue weighted by molar-refractivity contribution is 7.89. The van der Waals surface area contributed by atoms with Crippen LogP contribution in [0.25, 0.3) is 11.1 Å². The van der Waals surface area contributed by atoms with Crippen LogP contribution in [0.3, 0.4) is 0 Å². The van der Waals surface area contributed by atoms with Crippen molar-refractivity contribution < 1.29 is 17.6 Å². The Balaban J connectivity index is 1.86. The zero-order chi connectivity index (χ0) is 17.3. The molecule has 0 aliphatic carbocycles. The monoisotopic (exact) mass is 346 g/mol. The van der Waals surface area contributed by atoms with Crippen LogP contribution in [0.2, 0.25) is 0 Å². The zero-order valence-corrected chi connectivity index (χ0v) is 14.5. The lowest BCUT2D eigenvalue weighted by atomic mass is 10.1. The molecule has 0 unspecified atom stereocenters. The molecule has 0 spiro atoms. The lowest BCUT2D eigenvalue weighted by molar-refractivity contribution is 0.413. The standard InChI is InChI=1S/C17H18N2O4S/c1-11-8-13(22-3)9-12(2)17(11)24(20,21)18-10-16-19-14-6-4-5-7-15(14)23-16/h4-9,18H,10H2,1-3H3. The van der Waals surface area contributed by atoms with Crippen molar-refractivity contribution in [3.63, 3.8) is 0 Å². The topological polar surface area (TPSA) is 81.4 Å². The van der Waals surface area contributed by atoms with E-state index in [0.717, 1.165) is 0 Å². The number of hydrogen-bond donors (Lipinski definition) is 1. The summed E-state index contributed by atoms with van der Waals surface area (Å²) in [5.41, 5.74) is 2.57. The Morgan fingerprint density at radius 3 is 2.46 bits per heavy atom. The predicted octanol–water partition coefficient (Wildman–Crippen LogP) is 2.93. The molecule has 0 fully saturated rings. The van der Waals surface area contributed by atoms with Gasteiger partial charge in [-0.3, -0.25) is 0 Å². The molecule has 3 aromatic rings. The van der Waals surface area contributed by atoms with Crippen LogP contribution < -0.4 is 9.46 Å². The highest BCUT2D eigenvalue weighted by atomic mass is 32.2. The summed E-state index contributed by atoms with van der Waals surface area (Å²) in [7, 11) is -2.14. The van der Waals surface area contributed by atoms with E-state index >= 15 is 0 Å². The van der Waals surface area contributed by atoms with E-state index in [9.17, 15) is 8.42 Å². The number of oxazole rings is 1. The molecule has 1 heterocycles. The molecule has 6 nitrogen and oxygen atoms in total. The Bertz CT molecular complexity index is 937. The van der Waals surface area contributed by atoms with Gasteiger partial charge in [-0.15, -0.1) is 0 Å². The average molecular weight is 346 g/mol. The number of aromatic nitrogens is 1. The number of nitrogens with one attached hydrogen (secondary N) is 1. The molecule has 24 heavy (non-hydrogen) atoms. The van der Waals surface area contributed by atoms with Crippen molar-refractivity contribution in [2.24, 2.45) is 0 Å². The van der Waals surface area contributed by atoms with Gasteiger partial charge >= 0.3 is 0 Å². The number of methoxy groups -OCH3 is 1. The molecule has 3 rings (SSSR count). The quantitative estimate of drug-likeness (QED) is 0.768. The summed E-state index contributed by atoms with van der Waals surface area (Å²) >= 11 is 0. The van der Waals surface area contributed by atoms with Crippen molar-refractivity contribution >= 4 is 21.1 Å². The lowest BCUT2D eigenvalue weighted by Crippen LogP contribution is -2.25. The van der Waals surface area contributed by atoms with Crippen LogP contribution in [0, 0.1) is 13.8 Å². The minimum absolute atomic E-state index is 0.0120. The van der Waals surface area contributed by atoms with Gasteiger partial charge in [0.1, 0.15) is 11.3 Å². The number of rotatable bonds is 5. The minimum Gasteiger partial charge on any atom is -0.497 e. The van der Waals surface area contributed by atoms with Crippen LogP contribution in [0.1, 0.15) is 17.0 Å². The summed E-state index contributed by atoms with van der Waals surface area (Å²) < 4.78 is 38.5. The summed E-state index contributed by atoms with van der Waals surface area (Å²) in [6, 6.07) is 10.7. The third kappa shape index (κ3) is 3.13. The number of ether oxygens (including phenoxy) is 1. The number of aryl methyl sites for hydroxylation is 2. The van der Waals surface area contributed by atoms with Crippen LogP contribution in [0.4, 0.5) is 0 Å². The van der Waals surface area contributed by atoms with Gasteiger partial charge in [-0.2, -0.15) is 0 Å². The van der Waals surface area contributed by atoms with Crippen LogP contribution in [-0.4, -0.2) is 20.5 Å². The zero-order valence-electron chi connectivity index (χ0n) is 13.7. The summed E-state index contributed by atoms with van der Waals surface area (Å²) in [5.74, 6) is 0.950. The molecule has 0 atom stereocenters. The van der Waals surface area contributed by atoms with Gasteiger partial charge in [-0.25, -0.2) is 18.1 Å². The second-order valence-corrected chi connectivity index (χ2v) is 7.19. The first-order valence-corrected chi connectivity index (χ1v) is 8.88. The summed E-state index contributed by atoms with van der Waals surface area (Å²) in [6.45, 7) is 3.47. The number of benzene rings is 2. The number of nitrogens with zero attached hydrogens (tertiary/aromatic N) is 1. The van der Waals surface area contributed by atoms with Gasteiger partial charge in [0.2, 0.25) is 15.9 Å². The molecule has 1 N–H and O–H groups in total. The second kappa shape index (κ2) is 6.26. The van der Waals surface area contributed by atoms with Gasteiger partial charge in [-0.1, -0.05) is 12.1 Å². The number of fused-ring (bicyclic) bond motifs is 1. The highest BCUT2D eigenvalue weighted by Crippen LogP contribution is 2.25. The first kappa shape index (κ1) is 16.5. The van der Waals surface area contributed by atoms with Crippen LogP contribution in [-0.2, 0) is 16.6 Å². The SMILES string of the molecule is COc1cc(C)c(S(=O)(=O)NCc2nc3ccccc3o2)c(C)c1. The number of hydrogen-bond acceptors (Lipinski definition) is 5. The van der Waals surface area contributed by atoms with Crippen molar-refractivity contribution in [1.29, 1.82) is 0 Å². The van der Waals surface area contributed by atoms with Crippen molar-refractivity contribution in [2.45, 2.75) is 25.3 Å². The van der Waals surface area contributed by atoms with Gasteiger partial charge in [0.05, 0.1) is 18.6 Å². The molecule has 0 amide bonds. The Morgan fingerprint density at radius 1 is 1.17 bits per heavy atom. The first-order chi connectivity index (χ1) is 11.4. The molecule has 0 bridgehead atoms. The first-order valence-electron chi connectivity index (χ1n) is 7.40. The molecule has 2 aromatic carbocycles. The van der Waals surface area contributed by atoms with Crippen molar-refractivity contribution in [1.82, 2.24) is 9.71 Å². The molecule has 0 aliphatic heterocycles. The fraction of sp³-hybridized carbons (Fsp3) is 0.235. The molecule has 0 saturated heterocycles. The van der Waals surface area contributed by atoms with E-state index in [0.29, 0.717) is 33.9 Å².